The lowest BCUT2D eigenvalue weighted by molar-refractivity contribution is 0.340. The largest absolute Gasteiger partial charge is 0.494 e. The minimum absolute atomic E-state index is 0.673. The maximum atomic E-state index is 5.46. The normalized spacial score (nSPS) is 10.6. The Labute approximate surface area is 147 Å². The number of benzene rings is 2. The highest BCUT2D eigenvalue weighted by atomic mass is 32.2. The Morgan fingerprint density at radius 3 is 2.38 bits per heavy atom. The van der Waals surface area contributed by atoms with Gasteiger partial charge in [-0.05, 0) is 61.4 Å². The van der Waals surface area contributed by atoms with Gasteiger partial charge in [0.1, 0.15) is 10.8 Å². The van der Waals surface area contributed by atoms with Crippen LogP contribution in [0.2, 0.25) is 0 Å². The Bertz CT molecular complexity index is 785. The number of hydrogen-bond donors (Lipinski definition) is 0. The third kappa shape index (κ3) is 4.15. The molecular formula is C20H20N2OS. The highest BCUT2D eigenvalue weighted by Crippen LogP contribution is 2.25. The van der Waals surface area contributed by atoms with Crippen molar-refractivity contribution < 1.29 is 4.74 Å². The van der Waals surface area contributed by atoms with Crippen LogP contribution in [0.4, 0.5) is 0 Å². The summed E-state index contributed by atoms with van der Waals surface area (Å²) in [6, 6.07) is 20.4. The number of hydrogen-bond acceptors (Lipinski definition) is 4. The van der Waals surface area contributed by atoms with Gasteiger partial charge in [-0.1, -0.05) is 36.0 Å². The second kappa shape index (κ2) is 7.97. The molecule has 0 bridgehead atoms. The van der Waals surface area contributed by atoms with E-state index in [-0.39, 0.29) is 0 Å². The number of thioether (sulfide) groups is 1. The van der Waals surface area contributed by atoms with Crippen LogP contribution >= 0.6 is 11.8 Å². The van der Waals surface area contributed by atoms with Gasteiger partial charge in [0.25, 0.3) is 0 Å². The Morgan fingerprint density at radius 2 is 1.71 bits per heavy atom. The van der Waals surface area contributed by atoms with E-state index in [4.69, 9.17) is 4.74 Å². The number of nitrogens with zero attached hydrogens (tertiary/aromatic N) is 2. The number of rotatable bonds is 6. The Kier molecular flexibility index (Phi) is 5.49. The molecule has 0 radical (unpaired) electrons. The molecular weight excluding hydrogens is 316 g/mol. The van der Waals surface area contributed by atoms with E-state index in [0.29, 0.717) is 6.61 Å². The van der Waals surface area contributed by atoms with E-state index >= 15 is 0 Å². The van der Waals surface area contributed by atoms with E-state index in [9.17, 15) is 0 Å². The predicted molar refractivity (Wildman–Crippen MR) is 99.4 cm³/mol. The molecule has 0 unspecified atom stereocenters. The molecule has 0 spiro atoms. The van der Waals surface area contributed by atoms with E-state index in [1.165, 1.54) is 11.1 Å². The van der Waals surface area contributed by atoms with Gasteiger partial charge in [-0.2, -0.15) is 0 Å². The molecule has 0 saturated heterocycles. The fourth-order valence-corrected chi connectivity index (χ4v) is 3.25. The summed E-state index contributed by atoms with van der Waals surface area (Å²) in [6.07, 6.45) is 0. The van der Waals surface area contributed by atoms with E-state index in [1.54, 1.807) is 11.8 Å². The Balaban J connectivity index is 1.65. The van der Waals surface area contributed by atoms with Gasteiger partial charge in [0.15, 0.2) is 0 Å². The predicted octanol–water partition coefficient (Wildman–Crippen LogP) is 5.14. The second-order valence-electron chi connectivity index (χ2n) is 5.43. The summed E-state index contributed by atoms with van der Waals surface area (Å²) < 4.78 is 5.46. The van der Waals surface area contributed by atoms with Crippen LogP contribution in [0.1, 0.15) is 18.1 Å². The van der Waals surface area contributed by atoms with Crippen LogP contribution in [0, 0.1) is 6.92 Å². The summed E-state index contributed by atoms with van der Waals surface area (Å²) in [7, 11) is 0. The van der Waals surface area contributed by atoms with Crippen molar-refractivity contribution >= 4 is 11.8 Å². The molecule has 3 rings (SSSR count). The van der Waals surface area contributed by atoms with Gasteiger partial charge >= 0.3 is 0 Å². The van der Waals surface area contributed by atoms with E-state index in [2.05, 4.69) is 41.4 Å². The van der Waals surface area contributed by atoms with Crippen LogP contribution in [-0.4, -0.2) is 16.8 Å². The fourth-order valence-electron chi connectivity index (χ4n) is 2.36. The van der Waals surface area contributed by atoms with Crippen LogP contribution in [0.3, 0.4) is 0 Å². The first-order chi connectivity index (χ1) is 11.8. The molecule has 3 aromatic rings. The molecule has 0 fully saturated rings. The topological polar surface area (TPSA) is 35.0 Å². The molecule has 3 nitrogen and oxygen atoms in total. The molecule has 0 aliphatic heterocycles. The average Bonchev–Trinajstić information content (AvgIpc) is 2.63. The zero-order valence-electron chi connectivity index (χ0n) is 13.9. The lowest BCUT2D eigenvalue weighted by Crippen LogP contribution is -1.92. The third-order valence-corrected chi connectivity index (χ3v) is 4.71. The van der Waals surface area contributed by atoms with Gasteiger partial charge in [-0.3, -0.25) is 0 Å². The molecule has 122 valence electrons. The van der Waals surface area contributed by atoms with Crippen molar-refractivity contribution in [1.29, 1.82) is 0 Å². The molecule has 0 saturated carbocycles. The van der Waals surface area contributed by atoms with Crippen LogP contribution in [0.25, 0.3) is 11.3 Å². The Hall–Kier alpha value is -2.33. The summed E-state index contributed by atoms with van der Waals surface area (Å²) in [6.45, 7) is 4.79. The maximum absolute atomic E-state index is 5.46. The van der Waals surface area contributed by atoms with Gasteiger partial charge in [0, 0.05) is 11.3 Å². The number of ether oxygens (including phenoxy) is 1. The van der Waals surface area contributed by atoms with Crippen molar-refractivity contribution in [3.8, 4) is 17.0 Å². The van der Waals surface area contributed by atoms with Crippen molar-refractivity contribution in [2.45, 2.75) is 24.6 Å². The third-order valence-electron chi connectivity index (χ3n) is 3.74. The molecule has 0 N–H and O–H groups in total. The van der Waals surface area contributed by atoms with Crippen LogP contribution in [0.15, 0.2) is 65.7 Å². The highest BCUT2D eigenvalue weighted by Gasteiger charge is 2.04. The van der Waals surface area contributed by atoms with Crippen molar-refractivity contribution in [2.75, 3.05) is 6.61 Å². The lowest BCUT2D eigenvalue weighted by Gasteiger charge is -2.06. The van der Waals surface area contributed by atoms with Crippen LogP contribution in [-0.2, 0) is 5.75 Å². The molecule has 2 aromatic carbocycles. The molecule has 0 aliphatic rings. The van der Waals surface area contributed by atoms with E-state index in [0.717, 1.165) is 27.8 Å². The van der Waals surface area contributed by atoms with Crippen molar-refractivity contribution in [3.05, 3.63) is 71.8 Å². The molecule has 1 aromatic heterocycles. The monoisotopic (exact) mass is 336 g/mol. The maximum Gasteiger partial charge on any atom is 0.119 e. The van der Waals surface area contributed by atoms with Crippen molar-refractivity contribution in [3.63, 3.8) is 0 Å². The minimum atomic E-state index is 0.673. The fraction of sp³-hybridized carbons (Fsp3) is 0.200. The molecule has 24 heavy (non-hydrogen) atoms. The van der Waals surface area contributed by atoms with Crippen molar-refractivity contribution in [1.82, 2.24) is 10.2 Å². The SMILES string of the molecule is CCOc1ccc(-c2ccc(SCc3ccccc3C)nn2)cc1. The van der Waals surface area contributed by atoms with Gasteiger partial charge in [0.05, 0.1) is 12.3 Å². The number of aryl methyl sites for hydroxylation is 1. The standard InChI is InChI=1S/C20H20N2OS/c1-3-23-18-10-8-16(9-11-18)19-12-13-20(22-21-19)24-14-17-7-5-4-6-15(17)2/h4-13H,3,14H2,1-2H3. The smallest absolute Gasteiger partial charge is 0.119 e. The first-order valence-corrected chi connectivity index (χ1v) is 8.99. The first kappa shape index (κ1) is 16.5. The van der Waals surface area contributed by atoms with Gasteiger partial charge in [-0.15, -0.1) is 10.2 Å². The quantitative estimate of drug-likeness (QED) is 0.584. The minimum Gasteiger partial charge on any atom is -0.494 e. The van der Waals surface area contributed by atoms with Gasteiger partial charge in [-0.25, -0.2) is 0 Å². The van der Waals surface area contributed by atoms with E-state index in [1.807, 2.05) is 43.3 Å². The summed E-state index contributed by atoms with van der Waals surface area (Å²) in [5, 5.41) is 9.63. The van der Waals surface area contributed by atoms with Gasteiger partial charge < -0.3 is 4.74 Å². The van der Waals surface area contributed by atoms with Crippen LogP contribution < -0.4 is 4.74 Å². The molecule has 0 amide bonds. The summed E-state index contributed by atoms with van der Waals surface area (Å²) in [5.41, 5.74) is 4.56. The zero-order chi connectivity index (χ0) is 16.8. The lowest BCUT2D eigenvalue weighted by atomic mass is 10.1. The van der Waals surface area contributed by atoms with Crippen LogP contribution in [0.5, 0.6) is 5.75 Å². The van der Waals surface area contributed by atoms with Gasteiger partial charge in [0.2, 0.25) is 0 Å². The molecule has 0 atom stereocenters. The van der Waals surface area contributed by atoms with E-state index < -0.39 is 0 Å². The zero-order valence-corrected chi connectivity index (χ0v) is 14.7. The average molecular weight is 336 g/mol. The second-order valence-corrected chi connectivity index (χ2v) is 6.42. The van der Waals surface area contributed by atoms with Crippen molar-refractivity contribution in [2.24, 2.45) is 0 Å². The summed E-state index contributed by atoms with van der Waals surface area (Å²) in [5.74, 6) is 1.78. The highest BCUT2D eigenvalue weighted by molar-refractivity contribution is 7.98. The number of aromatic nitrogens is 2. The summed E-state index contributed by atoms with van der Waals surface area (Å²) in [4.78, 5) is 0. The Morgan fingerprint density at radius 1 is 0.917 bits per heavy atom. The summed E-state index contributed by atoms with van der Waals surface area (Å²) >= 11 is 1.71. The first-order valence-electron chi connectivity index (χ1n) is 8.00. The molecule has 1 heterocycles. The molecule has 0 aliphatic carbocycles. The molecule has 4 heteroatoms.